The number of carbonyl (C=O) groups is 1. The second-order valence-electron chi connectivity index (χ2n) is 9.48. The fourth-order valence-electron chi connectivity index (χ4n) is 4.76. The van der Waals surface area contributed by atoms with Gasteiger partial charge in [-0.05, 0) is 91.1 Å². The van der Waals surface area contributed by atoms with Crippen LogP contribution in [0.4, 0.5) is 11.4 Å². The number of carboxylic acid groups (broad SMARTS) is 1. The minimum Gasteiger partial charge on any atom is -0.494 e. The molecule has 0 saturated carbocycles. The highest BCUT2D eigenvalue weighted by molar-refractivity contribution is 5.90. The molecule has 0 spiro atoms. The average Bonchev–Trinajstić information content (AvgIpc) is 3.30. The van der Waals surface area contributed by atoms with Gasteiger partial charge in [0.15, 0.2) is 5.69 Å². The van der Waals surface area contributed by atoms with E-state index in [1.807, 2.05) is 24.3 Å². The standard InChI is InChI=1S/C32H31N3O4/c1-2-3-21-39-27-17-15-25(16-18-27)34-20-8-10-24-22-23(14-19-29(24)34)9-7-13-28-30(32(37)38)33-35(31(28)36)26-11-5-4-6-12-26/h4-6,9,11-19,22,33H,2-3,8,10,20-21H2,1H3,(H,37,38). The van der Waals surface area contributed by atoms with E-state index in [-0.39, 0.29) is 11.3 Å². The van der Waals surface area contributed by atoms with Crippen molar-refractivity contribution >= 4 is 29.5 Å². The number of ether oxygens (including phenoxy) is 1. The average molecular weight is 522 g/mol. The first-order chi connectivity index (χ1) is 19.0. The van der Waals surface area contributed by atoms with Crippen molar-refractivity contribution in [1.82, 2.24) is 9.78 Å². The number of carboxylic acids is 1. The summed E-state index contributed by atoms with van der Waals surface area (Å²) in [6.07, 6.45) is 7.36. The van der Waals surface area contributed by atoms with Gasteiger partial charge in [0, 0.05) is 17.9 Å². The van der Waals surface area contributed by atoms with Crippen molar-refractivity contribution in [1.29, 1.82) is 0 Å². The number of H-pyrrole nitrogens is 1. The monoisotopic (exact) mass is 521 g/mol. The SMILES string of the molecule is CCCCOc1ccc(N2CCCc3cc(C=C=Cc4c(C(=O)O)[nH]n(-c5ccccc5)c4=O)ccc32)cc1. The summed E-state index contributed by atoms with van der Waals surface area (Å²) in [4.78, 5) is 27.1. The molecule has 7 heteroatoms. The summed E-state index contributed by atoms with van der Waals surface area (Å²) >= 11 is 0. The van der Waals surface area contributed by atoms with Crippen LogP contribution in [-0.4, -0.2) is 34.0 Å². The van der Waals surface area contributed by atoms with Gasteiger partial charge >= 0.3 is 5.97 Å². The molecule has 0 bridgehead atoms. The van der Waals surface area contributed by atoms with Crippen LogP contribution >= 0.6 is 0 Å². The molecule has 3 aromatic carbocycles. The number of aromatic amines is 1. The number of benzene rings is 3. The minimum atomic E-state index is -1.20. The first-order valence-corrected chi connectivity index (χ1v) is 13.2. The predicted molar refractivity (Wildman–Crippen MR) is 154 cm³/mol. The van der Waals surface area contributed by atoms with Gasteiger partial charge in [-0.3, -0.25) is 9.89 Å². The number of hydrogen-bond donors (Lipinski definition) is 2. The van der Waals surface area contributed by atoms with Crippen LogP contribution in [0, 0.1) is 0 Å². The highest BCUT2D eigenvalue weighted by Crippen LogP contribution is 2.35. The largest absolute Gasteiger partial charge is 0.494 e. The Bertz CT molecular complexity index is 1580. The molecular weight excluding hydrogens is 490 g/mol. The lowest BCUT2D eigenvalue weighted by molar-refractivity contribution is 0.0689. The van der Waals surface area contributed by atoms with Crippen molar-refractivity contribution in [2.24, 2.45) is 0 Å². The Labute approximate surface area is 227 Å². The summed E-state index contributed by atoms with van der Waals surface area (Å²) < 4.78 is 7.04. The van der Waals surface area contributed by atoms with Crippen LogP contribution in [-0.2, 0) is 6.42 Å². The van der Waals surface area contributed by atoms with E-state index in [4.69, 9.17) is 4.74 Å². The van der Waals surface area contributed by atoms with Crippen molar-refractivity contribution in [2.45, 2.75) is 32.6 Å². The minimum absolute atomic E-state index is 0.0499. The van der Waals surface area contributed by atoms with Gasteiger partial charge in [-0.15, -0.1) is 5.73 Å². The summed E-state index contributed by atoms with van der Waals surface area (Å²) in [6, 6.07) is 23.4. The van der Waals surface area contributed by atoms with Gasteiger partial charge in [0.05, 0.1) is 17.9 Å². The maximum Gasteiger partial charge on any atom is 0.354 e. The molecule has 1 aromatic heterocycles. The third-order valence-corrected chi connectivity index (χ3v) is 6.77. The molecule has 39 heavy (non-hydrogen) atoms. The van der Waals surface area contributed by atoms with E-state index in [9.17, 15) is 14.7 Å². The number of aromatic nitrogens is 2. The molecular formula is C32H31N3O4. The van der Waals surface area contributed by atoms with Gasteiger partial charge in [0.25, 0.3) is 5.56 Å². The van der Waals surface area contributed by atoms with Gasteiger partial charge in [0.1, 0.15) is 5.75 Å². The van der Waals surface area contributed by atoms with E-state index in [0.717, 1.165) is 55.8 Å². The van der Waals surface area contributed by atoms with Gasteiger partial charge < -0.3 is 14.7 Å². The van der Waals surface area contributed by atoms with E-state index >= 15 is 0 Å². The third-order valence-electron chi connectivity index (χ3n) is 6.77. The van der Waals surface area contributed by atoms with Crippen LogP contribution in [0.1, 0.15) is 53.4 Å². The zero-order valence-electron chi connectivity index (χ0n) is 21.9. The van der Waals surface area contributed by atoms with Crippen LogP contribution in [0.5, 0.6) is 5.75 Å². The van der Waals surface area contributed by atoms with E-state index in [1.54, 1.807) is 30.3 Å². The molecule has 0 fully saturated rings. The Balaban J connectivity index is 1.38. The number of hydrogen-bond acceptors (Lipinski definition) is 4. The van der Waals surface area contributed by atoms with Gasteiger partial charge in [0.2, 0.25) is 0 Å². The number of fused-ring (bicyclic) bond motifs is 1. The molecule has 5 rings (SSSR count). The second kappa shape index (κ2) is 11.8. The van der Waals surface area contributed by atoms with Crippen LogP contribution < -0.4 is 15.2 Å². The number of aryl methyl sites for hydroxylation is 1. The third kappa shape index (κ3) is 5.74. The quantitative estimate of drug-likeness (QED) is 0.195. The Morgan fingerprint density at radius 1 is 1.05 bits per heavy atom. The Kier molecular flexibility index (Phi) is 7.80. The Morgan fingerprint density at radius 3 is 2.59 bits per heavy atom. The molecule has 0 saturated heterocycles. The predicted octanol–water partition coefficient (Wildman–Crippen LogP) is 6.45. The molecule has 0 atom stereocenters. The van der Waals surface area contributed by atoms with Crippen molar-refractivity contribution in [3.05, 3.63) is 111 Å². The van der Waals surface area contributed by atoms with E-state index in [2.05, 4.69) is 46.9 Å². The molecule has 198 valence electrons. The normalized spacial score (nSPS) is 12.4. The lowest BCUT2D eigenvalue weighted by atomic mass is 9.98. The Hall–Kier alpha value is -4.74. The van der Waals surface area contributed by atoms with E-state index in [0.29, 0.717) is 5.69 Å². The van der Waals surface area contributed by atoms with Crippen LogP contribution in [0.25, 0.3) is 17.8 Å². The number of aromatic carboxylic acids is 1. The molecule has 0 amide bonds. The molecule has 2 heterocycles. The smallest absolute Gasteiger partial charge is 0.354 e. The number of nitrogens with zero attached hydrogens (tertiary/aromatic N) is 2. The molecule has 0 unspecified atom stereocenters. The van der Waals surface area contributed by atoms with Crippen molar-refractivity contribution in [3.63, 3.8) is 0 Å². The summed E-state index contributed by atoms with van der Waals surface area (Å²) in [5, 5.41) is 12.3. The topological polar surface area (TPSA) is 87.6 Å². The fourth-order valence-corrected chi connectivity index (χ4v) is 4.76. The van der Waals surface area contributed by atoms with Crippen LogP contribution in [0.15, 0.2) is 83.3 Å². The van der Waals surface area contributed by atoms with Gasteiger partial charge in [-0.2, -0.15) is 0 Å². The molecule has 0 radical (unpaired) electrons. The van der Waals surface area contributed by atoms with E-state index in [1.165, 1.54) is 22.0 Å². The summed E-state index contributed by atoms with van der Waals surface area (Å²) in [6.45, 7) is 3.83. The fraction of sp³-hybridized carbons (Fsp3) is 0.219. The highest BCUT2D eigenvalue weighted by Gasteiger charge is 2.19. The number of rotatable bonds is 9. The second-order valence-corrected chi connectivity index (χ2v) is 9.48. The van der Waals surface area contributed by atoms with Gasteiger partial charge in [-0.1, -0.05) is 37.6 Å². The summed E-state index contributed by atoms with van der Waals surface area (Å²) in [5.74, 6) is -0.315. The number of para-hydroxylation sites is 1. The number of anilines is 2. The van der Waals surface area contributed by atoms with Crippen molar-refractivity contribution in [3.8, 4) is 11.4 Å². The summed E-state index contributed by atoms with van der Waals surface area (Å²) in [7, 11) is 0. The molecule has 0 aliphatic carbocycles. The lowest BCUT2D eigenvalue weighted by Gasteiger charge is -2.31. The number of nitrogens with one attached hydrogen (secondary N) is 1. The van der Waals surface area contributed by atoms with Crippen LogP contribution in [0.2, 0.25) is 0 Å². The molecule has 1 aliphatic rings. The maximum absolute atomic E-state index is 13.0. The van der Waals surface area contributed by atoms with Gasteiger partial charge in [-0.25, -0.2) is 9.48 Å². The van der Waals surface area contributed by atoms with Crippen molar-refractivity contribution in [2.75, 3.05) is 18.1 Å². The first kappa shape index (κ1) is 25.9. The molecule has 1 aliphatic heterocycles. The Morgan fingerprint density at radius 2 is 1.85 bits per heavy atom. The first-order valence-electron chi connectivity index (χ1n) is 13.2. The highest BCUT2D eigenvalue weighted by atomic mass is 16.5. The zero-order valence-corrected chi connectivity index (χ0v) is 21.9. The van der Waals surface area contributed by atoms with E-state index < -0.39 is 11.5 Å². The zero-order chi connectivity index (χ0) is 27.2. The maximum atomic E-state index is 13.0. The lowest BCUT2D eigenvalue weighted by Crippen LogP contribution is -2.24. The number of unbranched alkanes of at least 4 members (excludes halogenated alkanes) is 1. The summed E-state index contributed by atoms with van der Waals surface area (Å²) in [5.41, 5.74) is 7.49. The molecule has 4 aromatic rings. The molecule has 2 N–H and O–H groups in total. The van der Waals surface area contributed by atoms with Crippen LogP contribution in [0.3, 0.4) is 0 Å². The molecule has 7 nitrogen and oxygen atoms in total. The van der Waals surface area contributed by atoms with Crippen molar-refractivity contribution < 1.29 is 14.6 Å².